The van der Waals surface area contributed by atoms with Gasteiger partial charge in [-0.25, -0.2) is 9.97 Å². The number of aromatic nitrogens is 2. The number of carbonyl (C=O) groups is 1. The van der Waals surface area contributed by atoms with Crippen molar-refractivity contribution in [3.8, 4) is 11.4 Å². The summed E-state index contributed by atoms with van der Waals surface area (Å²) in [5, 5.41) is 14.6. The van der Waals surface area contributed by atoms with Crippen LogP contribution in [0.25, 0.3) is 22.3 Å². The molecule has 1 aromatic heterocycles. The fourth-order valence-corrected chi connectivity index (χ4v) is 4.37. The van der Waals surface area contributed by atoms with E-state index in [1.54, 1.807) is 0 Å². The van der Waals surface area contributed by atoms with Crippen LogP contribution in [-0.2, 0) is 4.79 Å². The fraction of sp³-hybridized carbons (Fsp3) is 0.423. The number of piperidine rings is 1. The monoisotopic (exact) mass is 432 g/mol. The van der Waals surface area contributed by atoms with Crippen LogP contribution in [0.1, 0.15) is 45.1 Å². The van der Waals surface area contributed by atoms with E-state index in [-0.39, 0.29) is 11.9 Å². The second-order valence-corrected chi connectivity index (χ2v) is 8.68. The Morgan fingerprint density at radius 1 is 1.06 bits per heavy atom. The molecule has 1 saturated heterocycles. The number of amides is 1. The Hall–Kier alpha value is -2.99. The number of aryl methyl sites for hydroxylation is 1. The predicted octanol–water partition coefficient (Wildman–Crippen LogP) is 4.24. The van der Waals surface area contributed by atoms with Gasteiger partial charge in [-0.3, -0.25) is 4.79 Å². The highest BCUT2D eigenvalue weighted by atomic mass is 16.3. The second kappa shape index (κ2) is 9.25. The van der Waals surface area contributed by atoms with Crippen molar-refractivity contribution in [2.45, 2.75) is 58.1 Å². The van der Waals surface area contributed by atoms with Gasteiger partial charge >= 0.3 is 0 Å². The summed E-state index contributed by atoms with van der Waals surface area (Å²) in [6, 6.07) is 16.4. The number of aliphatic hydroxyl groups is 1. The van der Waals surface area contributed by atoms with Crippen molar-refractivity contribution >= 4 is 22.6 Å². The maximum Gasteiger partial charge on any atom is 0.252 e. The first-order chi connectivity index (χ1) is 15.4. The van der Waals surface area contributed by atoms with Gasteiger partial charge in [-0.05, 0) is 50.3 Å². The van der Waals surface area contributed by atoms with Gasteiger partial charge in [0.15, 0.2) is 5.82 Å². The molecular formula is C26H32N4O2. The summed E-state index contributed by atoms with van der Waals surface area (Å²) in [5.74, 6) is 1.43. The molecule has 0 bridgehead atoms. The van der Waals surface area contributed by atoms with Gasteiger partial charge in [-0.15, -0.1) is 0 Å². The number of fused-ring (bicyclic) bond motifs is 1. The Morgan fingerprint density at radius 3 is 2.41 bits per heavy atom. The molecule has 2 heterocycles. The van der Waals surface area contributed by atoms with E-state index in [4.69, 9.17) is 9.97 Å². The summed E-state index contributed by atoms with van der Waals surface area (Å²) in [5.41, 5.74) is 1.85. The van der Waals surface area contributed by atoms with Gasteiger partial charge in [0.2, 0.25) is 0 Å². The molecule has 0 aliphatic carbocycles. The molecule has 1 fully saturated rings. The van der Waals surface area contributed by atoms with Crippen molar-refractivity contribution in [1.29, 1.82) is 0 Å². The van der Waals surface area contributed by atoms with Gasteiger partial charge in [0.1, 0.15) is 11.4 Å². The van der Waals surface area contributed by atoms with Crippen LogP contribution in [0.2, 0.25) is 0 Å². The second-order valence-electron chi connectivity index (χ2n) is 8.68. The SMILES string of the molecule is CCC(O)(CC)C(=O)NC1CCN(c2nc(-c3ccccc3C)nc3ccccc23)CC1. The number of anilines is 1. The molecular weight excluding hydrogens is 400 g/mol. The molecule has 6 heteroatoms. The van der Waals surface area contributed by atoms with Gasteiger partial charge in [-0.2, -0.15) is 0 Å². The number of hydrogen-bond donors (Lipinski definition) is 2. The average molecular weight is 433 g/mol. The third kappa shape index (κ3) is 4.32. The Morgan fingerprint density at radius 2 is 1.72 bits per heavy atom. The summed E-state index contributed by atoms with van der Waals surface area (Å²) in [7, 11) is 0. The van der Waals surface area contributed by atoms with Crippen molar-refractivity contribution in [2.24, 2.45) is 0 Å². The lowest BCUT2D eigenvalue weighted by atomic mass is 9.95. The summed E-state index contributed by atoms with van der Waals surface area (Å²) < 4.78 is 0. The predicted molar refractivity (Wildman–Crippen MR) is 129 cm³/mol. The summed E-state index contributed by atoms with van der Waals surface area (Å²) >= 11 is 0. The molecule has 0 saturated carbocycles. The maximum absolute atomic E-state index is 12.6. The first kappa shape index (κ1) is 22.2. The fourth-order valence-electron chi connectivity index (χ4n) is 4.37. The van der Waals surface area contributed by atoms with E-state index in [1.165, 1.54) is 0 Å². The lowest BCUT2D eigenvalue weighted by Gasteiger charge is -2.35. The van der Waals surface area contributed by atoms with E-state index in [9.17, 15) is 9.90 Å². The molecule has 1 aliphatic rings. The molecule has 4 rings (SSSR count). The van der Waals surface area contributed by atoms with E-state index in [2.05, 4.69) is 35.3 Å². The van der Waals surface area contributed by atoms with Crippen LogP contribution < -0.4 is 10.2 Å². The molecule has 0 atom stereocenters. The molecule has 1 aliphatic heterocycles. The highest BCUT2D eigenvalue weighted by Gasteiger charge is 2.34. The molecule has 0 unspecified atom stereocenters. The zero-order valence-corrected chi connectivity index (χ0v) is 19.1. The molecule has 1 amide bonds. The van der Waals surface area contributed by atoms with Crippen LogP contribution in [0.15, 0.2) is 48.5 Å². The smallest absolute Gasteiger partial charge is 0.252 e. The summed E-state index contributed by atoms with van der Waals surface area (Å²) in [4.78, 5) is 24.7. The van der Waals surface area contributed by atoms with Gasteiger partial charge in [-0.1, -0.05) is 50.2 Å². The van der Waals surface area contributed by atoms with Gasteiger partial charge in [0.05, 0.1) is 5.52 Å². The van der Waals surface area contributed by atoms with Gasteiger partial charge in [0, 0.05) is 30.1 Å². The topological polar surface area (TPSA) is 78.4 Å². The van der Waals surface area contributed by atoms with E-state index in [0.29, 0.717) is 12.8 Å². The number of rotatable bonds is 6. The molecule has 2 N–H and O–H groups in total. The van der Waals surface area contributed by atoms with Crippen LogP contribution in [0, 0.1) is 6.92 Å². The minimum Gasteiger partial charge on any atom is -0.380 e. The molecule has 3 aromatic rings. The third-order valence-corrected chi connectivity index (χ3v) is 6.69. The van der Waals surface area contributed by atoms with Gasteiger partial charge < -0.3 is 15.3 Å². The van der Waals surface area contributed by atoms with Crippen LogP contribution >= 0.6 is 0 Å². The Kier molecular flexibility index (Phi) is 6.42. The summed E-state index contributed by atoms with van der Waals surface area (Å²) in [6.45, 7) is 7.34. The molecule has 6 nitrogen and oxygen atoms in total. The normalized spacial score (nSPS) is 15.2. The molecule has 168 valence electrons. The van der Waals surface area contributed by atoms with Crippen LogP contribution in [0.5, 0.6) is 0 Å². The number of hydrogen-bond acceptors (Lipinski definition) is 5. The first-order valence-corrected chi connectivity index (χ1v) is 11.6. The standard InChI is InChI=1S/C26H32N4O2/c1-4-26(32,5-2)25(31)27-19-14-16-30(17-15-19)24-21-12-8-9-13-22(21)28-23(29-24)20-11-7-6-10-18(20)3/h6-13,19,32H,4-5,14-17H2,1-3H3,(H,27,31). The molecule has 2 aromatic carbocycles. The minimum absolute atomic E-state index is 0.0623. The van der Waals surface area contributed by atoms with Crippen molar-refractivity contribution in [1.82, 2.24) is 15.3 Å². The van der Waals surface area contributed by atoms with Crippen molar-refractivity contribution in [2.75, 3.05) is 18.0 Å². The van der Waals surface area contributed by atoms with Crippen LogP contribution in [0.3, 0.4) is 0 Å². The molecule has 0 spiro atoms. The molecule has 32 heavy (non-hydrogen) atoms. The molecule has 0 radical (unpaired) electrons. The van der Waals surface area contributed by atoms with Gasteiger partial charge in [0.25, 0.3) is 5.91 Å². The quantitative estimate of drug-likeness (QED) is 0.609. The largest absolute Gasteiger partial charge is 0.380 e. The van der Waals surface area contributed by atoms with Crippen molar-refractivity contribution in [3.05, 3.63) is 54.1 Å². The Bertz CT molecular complexity index is 1100. The van der Waals surface area contributed by atoms with E-state index in [1.807, 2.05) is 44.2 Å². The van der Waals surface area contributed by atoms with Crippen LogP contribution in [-0.4, -0.2) is 45.7 Å². The maximum atomic E-state index is 12.6. The zero-order chi connectivity index (χ0) is 22.7. The first-order valence-electron chi connectivity index (χ1n) is 11.6. The zero-order valence-electron chi connectivity index (χ0n) is 19.1. The van der Waals surface area contributed by atoms with Crippen LogP contribution in [0.4, 0.5) is 5.82 Å². The summed E-state index contributed by atoms with van der Waals surface area (Å²) in [6.07, 6.45) is 2.46. The van der Waals surface area contributed by atoms with E-state index in [0.717, 1.165) is 59.6 Å². The number of nitrogens with one attached hydrogen (secondary N) is 1. The minimum atomic E-state index is -1.28. The van der Waals surface area contributed by atoms with E-state index >= 15 is 0 Å². The van der Waals surface area contributed by atoms with Crippen molar-refractivity contribution < 1.29 is 9.90 Å². The van der Waals surface area contributed by atoms with Crippen molar-refractivity contribution in [3.63, 3.8) is 0 Å². The lowest BCUT2D eigenvalue weighted by molar-refractivity contribution is -0.141. The third-order valence-electron chi connectivity index (χ3n) is 6.69. The number of benzene rings is 2. The highest BCUT2D eigenvalue weighted by Crippen LogP contribution is 2.30. The number of para-hydroxylation sites is 1. The Labute approximate surface area is 189 Å². The highest BCUT2D eigenvalue weighted by molar-refractivity contribution is 5.91. The van der Waals surface area contributed by atoms with E-state index < -0.39 is 5.60 Å². The lowest BCUT2D eigenvalue weighted by Crippen LogP contribution is -2.52. The number of nitrogens with zero attached hydrogens (tertiary/aromatic N) is 3. The average Bonchev–Trinajstić information content (AvgIpc) is 2.83. The number of carbonyl (C=O) groups excluding carboxylic acids is 1. The Balaban J connectivity index is 1.57.